The monoisotopic (exact) mass is 280 g/mol. The van der Waals surface area contributed by atoms with E-state index in [1.165, 1.54) is 0 Å². The smallest absolute Gasteiger partial charge is 0.338 e. The Hall–Kier alpha value is -1.75. The highest BCUT2D eigenvalue weighted by atomic mass is 16.5. The maximum absolute atomic E-state index is 11.8. The summed E-state index contributed by atoms with van der Waals surface area (Å²) in [5.74, 6) is 1.07. The highest BCUT2D eigenvalue weighted by molar-refractivity contribution is 5.90. The topological polar surface area (TPSA) is 54.0 Å². The summed E-state index contributed by atoms with van der Waals surface area (Å²) in [7, 11) is 1.66. The largest absolute Gasteiger partial charge is 0.493 e. The Morgan fingerprint density at radius 1 is 1.35 bits per heavy atom. The van der Waals surface area contributed by atoms with Gasteiger partial charge in [-0.15, -0.1) is 0 Å². The summed E-state index contributed by atoms with van der Waals surface area (Å²) in [6, 6.07) is 3.46. The highest BCUT2D eigenvalue weighted by Gasteiger charge is 2.21. The molecule has 0 aromatic heterocycles. The van der Waals surface area contributed by atoms with Crippen LogP contribution >= 0.6 is 0 Å². The molecule has 0 amide bonds. The predicted molar refractivity (Wildman–Crippen MR) is 73.6 cm³/mol. The first-order valence-electron chi connectivity index (χ1n) is 6.84. The number of hydrogen-bond acceptors (Lipinski definition) is 5. The first kappa shape index (κ1) is 14.7. The number of ether oxygens (including phenoxy) is 4. The number of rotatable bonds is 7. The molecule has 0 aliphatic carbocycles. The molecule has 20 heavy (non-hydrogen) atoms. The third kappa shape index (κ3) is 3.42. The molecule has 0 saturated heterocycles. The van der Waals surface area contributed by atoms with E-state index >= 15 is 0 Å². The van der Waals surface area contributed by atoms with E-state index in [0.29, 0.717) is 37.7 Å². The van der Waals surface area contributed by atoms with Crippen molar-refractivity contribution >= 4 is 5.97 Å². The molecule has 2 rings (SSSR count). The summed E-state index contributed by atoms with van der Waals surface area (Å²) < 4.78 is 21.3. The quantitative estimate of drug-likeness (QED) is 0.566. The van der Waals surface area contributed by atoms with Gasteiger partial charge in [-0.05, 0) is 19.1 Å². The van der Waals surface area contributed by atoms with E-state index in [2.05, 4.69) is 0 Å². The van der Waals surface area contributed by atoms with Crippen LogP contribution in [-0.2, 0) is 15.9 Å². The molecule has 0 spiro atoms. The molecule has 1 aromatic carbocycles. The zero-order valence-corrected chi connectivity index (χ0v) is 11.9. The molecule has 0 bridgehead atoms. The van der Waals surface area contributed by atoms with Crippen LogP contribution in [0.5, 0.6) is 11.5 Å². The lowest BCUT2D eigenvalue weighted by atomic mass is 10.1. The Bertz CT molecular complexity index is 470. The van der Waals surface area contributed by atoms with Crippen molar-refractivity contribution in [2.75, 3.05) is 33.5 Å². The van der Waals surface area contributed by atoms with Crippen LogP contribution < -0.4 is 9.47 Å². The van der Waals surface area contributed by atoms with Crippen molar-refractivity contribution < 1.29 is 23.7 Å². The minimum atomic E-state index is -0.354. The van der Waals surface area contributed by atoms with Gasteiger partial charge in [0.15, 0.2) is 0 Å². The van der Waals surface area contributed by atoms with Gasteiger partial charge in [0.25, 0.3) is 0 Å². The van der Waals surface area contributed by atoms with Crippen LogP contribution in [-0.4, -0.2) is 39.5 Å². The molecule has 0 atom stereocenters. The third-order valence-corrected chi connectivity index (χ3v) is 3.04. The molecule has 1 aromatic rings. The number of benzene rings is 1. The zero-order chi connectivity index (χ0) is 14.4. The Morgan fingerprint density at radius 3 is 2.95 bits per heavy atom. The maximum Gasteiger partial charge on any atom is 0.338 e. The van der Waals surface area contributed by atoms with Crippen molar-refractivity contribution in [2.24, 2.45) is 0 Å². The molecule has 1 aliphatic rings. The standard InChI is InChI=1S/C15H20O5/c1-3-18-15(16)11-9-13(19-7-4-6-17-2)12-5-8-20-14(12)10-11/h9-10H,3-8H2,1-2H3. The Balaban J connectivity index is 2.14. The van der Waals surface area contributed by atoms with Crippen molar-refractivity contribution in [3.05, 3.63) is 23.3 Å². The number of carbonyl (C=O) groups is 1. The van der Waals surface area contributed by atoms with Crippen molar-refractivity contribution in [2.45, 2.75) is 19.8 Å². The summed E-state index contributed by atoms with van der Waals surface area (Å²) in [6.07, 6.45) is 1.60. The number of carbonyl (C=O) groups excluding carboxylic acids is 1. The number of esters is 1. The molecule has 0 N–H and O–H groups in total. The highest BCUT2D eigenvalue weighted by Crippen LogP contribution is 2.35. The molecule has 110 valence electrons. The van der Waals surface area contributed by atoms with Gasteiger partial charge in [-0.2, -0.15) is 0 Å². The van der Waals surface area contributed by atoms with Crippen molar-refractivity contribution in [3.8, 4) is 11.5 Å². The Morgan fingerprint density at radius 2 is 2.20 bits per heavy atom. The van der Waals surface area contributed by atoms with Crippen LogP contribution in [0, 0.1) is 0 Å². The van der Waals surface area contributed by atoms with E-state index in [4.69, 9.17) is 18.9 Å². The summed E-state index contributed by atoms with van der Waals surface area (Å²) >= 11 is 0. The molecule has 5 nitrogen and oxygen atoms in total. The average Bonchev–Trinajstić information content (AvgIpc) is 2.92. The lowest BCUT2D eigenvalue weighted by molar-refractivity contribution is 0.0525. The average molecular weight is 280 g/mol. The molecule has 0 fully saturated rings. The molecular weight excluding hydrogens is 260 g/mol. The third-order valence-electron chi connectivity index (χ3n) is 3.04. The number of fused-ring (bicyclic) bond motifs is 1. The zero-order valence-electron chi connectivity index (χ0n) is 11.9. The lowest BCUT2D eigenvalue weighted by Gasteiger charge is -2.12. The van der Waals surface area contributed by atoms with Crippen LogP contribution in [0.4, 0.5) is 0 Å². The maximum atomic E-state index is 11.8. The van der Waals surface area contributed by atoms with Gasteiger partial charge in [-0.25, -0.2) is 4.79 Å². The molecule has 0 saturated carbocycles. The minimum Gasteiger partial charge on any atom is -0.493 e. The van der Waals surface area contributed by atoms with Crippen LogP contribution in [0.2, 0.25) is 0 Å². The van der Waals surface area contributed by atoms with Crippen LogP contribution in [0.1, 0.15) is 29.3 Å². The number of methoxy groups -OCH3 is 1. The predicted octanol–water partition coefficient (Wildman–Crippen LogP) is 2.21. The summed E-state index contributed by atoms with van der Waals surface area (Å²) in [5, 5.41) is 0. The first-order valence-corrected chi connectivity index (χ1v) is 6.84. The second-order valence-corrected chi connectivity index (χ2v) is 4.46. The first-order chi connectivity index (χ1) is 9.76. The molecule has 1 aliphatic heterocycles. The van der Waals surface area contributed by atoms with Gasteiger partial charge in [-0.1, -0.05) is 0 Å². The van der Waals surface area contributed by atoms with E-state index in [0.717, 1.165) is 24.2 Å². The summed E-state index contributed by atoms with van der Waals surface area (Å²) in [4.78, 5) is 11.8. The molecular formula is C15H20O5. The Labute approximate surface area is 118 Å². The van der Waals surface area contributed by atoms with Crippen molar-refractivity contribution in [1.82, 2.24) is 0 Å². The van der Waals surface area contributed by atoms with Crippen molar-refractivity contribution in [1.29, 1.82) is 0 Å². The van der Waals surface area contributed by atoms with Gasteiger partial charge < -0.3 is 18.9 Å². The second kappa shape index (κ2) is 7.14. The fraction of sp³-hybridized carbons (Fsp3) is 0.533. The molecule has 1 heterocycles. The normalized spacial score (nSPS) is 12.7. The van der Waals surface area contributed by atoms with E-state index in [9.17, 15) is 4.79 Å². The fourth-order valence-electron chi connectivity index (χ4n) is 2.10. The van der Waals surface area contributed by atoms with E-state index < -0.39 is 0 Å². The van der Waals surface area contributed by atoms with E-state index in [-0.39, 0.29) is 5.97 Å². The van der Waals surface area contributed by atoms with Gasteiger partial charge in [0.2, 0.25) is 0 Å². The Kier molecular flexibility index (Phi) is 5.24. The van der Waals surface area contributed by atoms with Gasteiger partial charge in [0.1, 0.15) is 11.5 Å². The van der Waals surface area contributed by atoms with Crippen LogP contribution in [0.15, 0.2) is 12.1 Å². The molecule has 0 radical (unpaired) electrons. The van der Waals surface area contributed by atoms with Crippen molar-refractivity contribution in [3.63, 3.8) is 0 Å². The molecule has 5 heteroatoms. The van der Waals surface area contributed by atoms with E-state index in [1.54, 1.807) is 26.2 Å². The SMILES string of the molecule is CCOC(=O)c1cc(OCCCOC)c2c(c1)OCC2. The van der Waals surface area contributed by atoms with Gasteiger partial charge in [-0.3, -0.25) is 0 Å². The number of hydrogen-bond donors (Lipinski definition) is 0. The lowest BCUT2D eigenvalue weighted by Crippen LogP contribution is -2.07. The van der Waals surface area contributed by atoms with Crippen LogP contribution in [0.3, 0.4) is 0 Å². The van der Waals surface area contributed by atoms with E-state index in [1.807, 2.05) is 0 Å². The fourth-order valence-corrected chi connectivity index (χ4v) is 2.10. The van der Waals surface area contributed by atoms with Gasteiger partial charge >= 0.3 is 5.97 Å². The second-order valence-electron chi connectivity index (χ2n) is 4.46. The van der Waals surface area contributed by atoms with Gasteiger partial charge in [0, 0.05) is 32.1 Å². The minimum absolute atomic E-state index is 0.348. The molecule has 0 unspecified atom stereocenters. The summed E-state index contributed by atoms with van der Waals surface area (Å²) in [6.45, 7) is 3.95. The summed E-state index contributed by atoms with van der Waals surface area (Å²) in [5.41, 5.74) is 1.49. The van der Waals surface area contributed by atoms with Crippen LogP contribution in [0.25, 0.3) is 0 Å². The van der Waals surface area contributed by atoms with Gasteiger partial charge in [0.05, 0.1) is 25.4 Å².